The highest BCUT2D eigenvalue weighted by atomic mass is 19.3. The molecule has 0 fully saturated rings. The molecule has 1 rings (SSSR count). The van der Waals surface area contributed by atoms with Gasteiger partial charge in [-0.2, -0.15) is 28.1 Å². The van der Waals surface area contributed by atoms with Crippen molar-refractivity contribution in [3.05, 3.63) is 35.4 Å². The van der Waals surface area contributed by atoms with Crippen molar-refractivity contribution in [3.63, 3.8) is 0 Å². The molecular formula is C12H6F4N2O. The standard InChI is InChI=1S/C12H6F4N2O/c13-11(14)12(15,16)19-10-4-2-1-3-9(10)5-8(6-17)7-18/h1-5,11H. The fraction of sp³-hybridized carbons (Fsp3) is 0.167. The van der Waals surface area contributed by atoms with E-state index in [1.54, 1.807) is 0 Å². The summed E-state index contributed by atoms with van der Waals surface area (Å²) in [6, 6.07) is 8.06. The summed E-state index contributed by atoms with van der Waals surface area (Å²) in [4.78, 5) is 0. The Morgan fingerprint density at radius 3 is 2.32 bits per heavy atom. The van der Waals surface area contributed by atoms with Crippen molar-refractivity contribution >= 4 is 6.08 Å². The highest BCUT2D eigenvalue weighted by Crippen LogP contribution is 2.30. The number of nitrogens with zero attached hydrogens (tertiary/aromatic N) is 2. The van der Waals surface area contributed by atoms with Crippen LogP contribution in [0.15, 0.2) is 29.8 Å². The predicted octanol–water partition coefficient (Wildman–Crippen LogP) is 3.35. The zero-order valence-electron chi connectivity index (χ0n) is 9.28. The third-order valence-electron chi connectivity index (χ3n) is 1.96. The lowest BCUT2D eigenvalue weighted by atomic mass is 10.1. The van der Waals surface area contributed by atoms with Gasteiger partial charge in [-0.15, -0.1) is 0 Å². The lowest BCUT2D eigenvalue weighted by Crippen LogP contribution is -2.33. The van der Waals surface area contributed by atoms with E-state index in [0.717, 1.165) is 12.1 Å². The van der Waals surface area contributed by atoms with Crippen molar-refractivity contribution in [2.45, 2.75) is 12.5 Å². The molecule has 0 saturated carbocycles. The fourth-order valence-corrected chi connectivity index (χ4v) is 1.13. The Morgan fingerprint density at radius 2 is 1.79 bits per heavy atom. The van der Waals surface area contributed by atoms with Gasteiger partial charge in [0.1, 0.15) is 23.5 Å². The van der Waals surface area contributed by atoms with Crippen LogP contribution in [-0.4, -0.2) is 12.5 Å². The van der Waals surface area contributed by atoms with Gasteiger partial charge in [0.05, 0.1) is 0 Å². The van der Waals surface area contributed by atoms with E-state index in [-0.39, 0.29) is 11.1 Å². The number of alkyl halides is 4. The van der Waals surface area contributed by atoms with Gasteiger partial charge in [0.25, 0.3) is 0 Å². The normalized spacial score (nSPS) is 10.5. The van der Waals surface area contributed by atoms with Gasteiger partial charge in [-0.25, -0.2) is 0 Å². The van der Waals surface area contributed by atoms with Gasteiger partial charge in [0.2, 0.25) is 0 Å². The maximum atomic E-state index is 12.8. The minimum Gasteiger partial charge on any atom is -0.428 e. The minimum atomic E-state index is -4.65. The van der Waals surface area contributed by atoms with Crippen molar-refractivity contribution < 1.29 is 22.3 Å². The molecule has 1 aromatic rings. The number of hydrogen-bond acceptors (Lipinski definition) is 3. The van der Waals surface area contributed by atoms with Crippen molar-refractivity contribution in [1.29, 1.82) is 10.5 Å². The lowest BCUT2D eigenvalue weighted by Gasteiger charge is -2.18. The Morgan fingerprint density at radius 1 is 1.21 bits per heavy atom. The number of rotatable bonds is 4. The largest absolute Gasteiger partial charge is 0.461 e. The summed E-state index contributed by atoms with van der Waals surface area (Å²) < 4.78 is 53.6. The van der Waals surface area contributed by atoms with E-state index in [9.17, 15) is 17.6 Å². The Hall–Kier alpha value is -2.54. The molecule has 19 heavy (non-hydrogen) atoms. The van der Waals surface area contributed by atoms with Gasteiger partial charge < -0.3 is 4.74 Å². The first-order chi connectivity index (χ1) is 8.90. The zero-order chi connectivity index (χ0) is 14.5. The van der Waals surface area contributed by atoms with Crippen molar-refractivity contribution in [3.8, 4) is 17.9 Å². The first-order valence-corrected chi connectivity index (χ1v) is 4.86. The molecule has 0 radical (unpaired) electrons. The van der Waals surface area contributed by atoms with Crippen LogP contribution < -0.4 is 4.74 Å². The Balaban J connectivity index is 3.15. The van der Waals surface area contributed by atoms with Crippen LogP contribution >= 0.6 is 0 Å². The van der Waals surface area contributed by atoms with E-state index in [2.05, 4.69) is 4.74 Å². The first-order valence-electron chi connectivity index (χ1n) is 4.86. The number of halogens is 4. The van der Waals surface area contributed by atoms with Crippen LogP contribution in [0.1, 0.15) is 5.56 Å². The van der Waals surface area contributed by atoms with Crippen LogP contribution in [0.3, 0.4) is 0 Å². The number of hydrogen-bond donors (Lipinski definition) is 0. The van der Waals surface area contributed by atoms with E-state index in [4.69, 9.17) is 10.5 Å². The molecule has 0 aliphatic rings. The summed E-state index contributed by atoms with van der Waals surface area (Å²) in [6.07, 6.45) is -7.67. The topological polar surface area (TPSA) is 56.8 Å². The van der Waals surface area contributed by atoms with Gasteiger partial charge in [-0.1, -0.05) is 18.2 Å². The summed E-state index contributed by atoms with van der Waals surface area (Å²) in [6.45, 7) is 0. The molecule has 98 valence electrons. The van der Waals surface area contributed by atoms with E-state index in [1.165, 1.54) is 30.3 Å². The summed E-state index contributed by atoms with van der Waals surface area (Å²) >= 11 is 0. The van der Waals surface area contributed by atoms with E-state index in [0.29, 0.717) is 0 Å². The van der Waals surface area contributed by atoms with Crippen LogP contribution in [0, 0.1) is 22.7 Å². The van der Waals surface area contributed by atoms with Gasteiger partial charge in [0.15, 0.2) is 0 Å². The third-order valence-corrected chi connectivity index (χ3v) is 1.96. The molecule has 0 saturated heterocycles. The van der Waals surface area contributed by atoms with E-state index in [1.807, 2.05) is 0 Å². The van der Waals surface area contributed by atoms with Crippen molar-refractivity contribution in [1.82, 2.24) is 0 Å². The smallest absolute Gasteiger partial charge is 0.428 e. The third kappa shape index (κ3) is 3.71. The number of ether oxygens (including phenoxy) is 1. The fourth-order valence-electron chi connectivity index (χ4n) is 1.13. The molecule has 0 spiro atoms. The molecule has 0 bridgehead atoms. The molecule has 0 aliphatic carbocycles. The summed E-state index contributed by atoms with van der Waals surface area (Å²) in [5, 5.41) is 17.1. The van der Waals surface area contributed by atoms with Gasteiger partial charge >= 0.3 is 12.5 Å². The lowest BCUT2D eigenvalue weighted by molar-refractivity contribution is -0.253. The predicted molar refractivity (Wildman–Crippen MR) is 57.2 cm³/mol. The van der Waals surface area contributed by atoms with Crippen LogP contribution in [0.5, 0.6) is 5.75 Å². The van der Waals surface area contributed by atoms with E-state index < -0.39 is 18.3 Å². The molecule has 0 amide bonds. The molecule has 0 aromatic heterocycles. The quantitative estimate of drug-likeness (QED) is 0.622. The molecule has 0 heterocycles. The van der Waals surface area contributed by atoms with Crippen LogP contribution in [0.2, 0.25) is 0 Å². The summed E-state index contributed by atoms with van der Waals surface area (Å²) in [7, 11) is 0. The van der Waals surface area contributed by atoms with Crippen LogP contribution in [-0.2, 0) is 0 Å². The van der Waals surface area contributed by atoms with Gasteiger partial charge in [-0.05, 0) is 12.1 Å². The highest BCUT2D eigenvalue weighted by Gasteiger charge is 2.44. The first kappa shape index (κ1) is 14.5. The van der Waals surface area contributed by atoms with Gasteiger partial charge in [0, 0.05) is 5.56 Å². The number of benzene rings is 1. The molecule has 0 N–H and O–H groups in total. The molecular weight excluding hydrogens is 264 g/mol. The molecule has 3 nitrogen and oxygen atoms in total. The molecule has 0 atom stereocenters. The monoisotopic (exact) mass is 270 g/mol. The average molecular weight is 270 g/mol. The van der Waals surface area contributed by atoms with Crippen molar-refractivity contribution in [2.24, 2.45) is 0 Å². The average Bonchev–Trinajstić information content (AvgIpc) is 2.37. The van der Waals surface area contributed by atoms with Gasteiger partial charge in [-0.3, -0.25) is 0 Å². The number of para-hydroxylation sites is 1. The second-order valence-corrected chi connectivity index (χ2v) is 3.28. The second-order valence-electron chi connectivity index (χ2n) is 3.28. The Bertz CT molecular complexity index is 554. The second kappa shape index (κ2) is 5.87. The maximum Gasteiger partial charge on any atom is 0.461 e. The molecule has 0 unspecified atom stereocenters. The molecule has 7 heteroatoms. The summed E-state index contributed by atoms with van der Waals surface area (Å²) in [5.41, 5.74) is -0.433. The van der Waals surface area contributed by atoms with E-state index >= 15 is 0 Å². The molecule has 0 aliphatic heterocycles. The number of allylic oxidation sites excluding steroid dienone is 1. The van der Waals surface area contributed by atoms with Crippen LogP contribution in [0.4, 0.5) is 17.6 Å². The highest BCUT2D eigenvalue weighted by molar-refractivity contribution is 5.66. The zero-order valence-corrected chi connectivity index (χ0v) is 9.28. The number of nitriles is 2. The molecule has 1 aromatic carbocycles. The van der Waals surface area contributed by atoms with Crippen molar-refractivity contribution in [2.75, 3.05) is 0 Å². The SMILES string of the molecule is N#CC(C#N)=Cc1ccccc1OC(F)(F)C(F)F. The minimum absolute atomic E-state index is 0.0686. The summed E-state index contributed by atoms with van der Waals surface area (Å²) in [5.74, 6) is -0.546. The Kier molecular flexibility index (Phi) is 4.49. The van der Waals surface area contributed by atoms with Crippen LogP contribution in [0.25, 0.3) is 6.08 Å². The Labute approximate surface area is 105 Å². The maximum absolute atomic E-state index is 12.8.